The van der Waals surface area contributed by atoms with Crippen molar-refractivity contribution < 1.29 is 23.4 Å². The smallest absolute Gasteiger partial charge is 0.234 e. The maximum atomic E-state index is 15.2. The minimum absolute atomic E-state index is 0. The largest absolute Gasteiger partial charge is 0.497 e. The van der Waals surface area contributed by atoms with Crippen molar-refractivity contribution in [2.75, 3.05) is 73.2 Å². The van der Waals surface area contributed by atoms with Gasteiger partial charge in [0.15, 0.2) is 5.43 Å². The third kappa shape index (κ3) is 8.81. The molecule has 0 spiro atoms. The normalized spacial score (nSPS) is 13.7. The van der Waals surface area contributed by atoms with Crippen molar-refractivity contribution in [1.82, 2.24) is 19.7 Å². The van der Waals surface area contributed by atoms with Gasteiger partial charge in [0, 0.05) is 64.7 Å². The highest BCUT2D eigenvalue weighted by atomic mass is 35.5. The molecule has 1 fully saturated rings. The number of nitrogens with one attached hydrogen (secondary N) is 1. The lowest BCUT2D eigenvalue weighted by molar-refractivity contribution is -0.122. The molecule has 1 N–H and O–H groups in total. The number of halogens is 3. The molecule has 0 radical (unpaired) electrons. The van der Waals surface area contributed by atoms with Crippen molar-refractivity contribution in [3.05, 3.63) is 58.6 Å². The molecule has 3 aromatic rings. The molecule has 0 unspecified atom stereocenters. The van der Waals surface area contributed by atoms with E-state index in [2.05, 4.69) is 15.1 Å². The first-order valence-electron chi connectivity index (χ1n) is 13.8. The van der Waals surface area contributed by atoms with Crippen LogP contribution in [0.5, 0.6) is 11.5 Å². The van der Waals surface area contributed by atoms with Crippen molar-refractivity contribution in [1.29, 1.82) is 0 Å². The van der Waals surface area contributed by atoms with Crippen molar-refractivity contribution in [2.24, 2.45) is 0 Å². The molecule has 4 rings (SSSR count). The second-order valence-corrected chi connectivity index (χ2v) is 9.87. The van der Waals surface area contributed by atoms with E-state index in [1.165, 1.54) is 6.07 Å². The Morgan fingerprint density at radius 3 is 2.29 bits per heavy atom. The fourth-order valence-corrected chi connectivity index (χ4v) is 4.91. The molecule has 2 heterocycles. The zero-order chi connectivity index (χ0) is 28.5. The quantitative estimate of drug-likeness (QED) is 0.309. The number of ether oxygens (including phenoxy) is 3. The SMILES string of the molecule is CCCOc1ccc(F)c2c(=O)c(-c3ccc(OC)cc3)cn(CCNC(=O)CN3CCN(CCOC)CC3)c12.Cl.Cl. The van der Waals surface area contributed by atoms with E-state index in [1.807, 2.05) is 6.92 Å². The Morgan fingerprint density at radius 2 is 1.64 bits per heavy atom. The summed E-state index contributed by atoms with van der Waals surface area (Å²) in [6.45, 7) is 8.44. The van der Waals surface area contributed by atoms with Crippen LogP contribution < -0.4 is 20.2 Å². The third-order valence-electron chi connectivity index (χ3n) is 7.12. The molecule has 42 heavy (non-hydrogen) atoms. The number of amides is 1. The number of carbonyl (C=O) groups excluding carboxylic acids is 1. The first-order valence-corrected chi connectivity index (χ1v) is 13.8. The molecule has 1 amide bonds. The summed E-state index contributed by atoms with van der Waals surface area (Å²) in [7, 11) is 3.27. The highest BCUT2D eigenvalue weighted by molar-refractivity contribution is 5.89. The van der Waals surface area contributed by atoms with Gasteiger partial charge in [-0.25, -0.2) is 4.39 Å². The number of piperazine rings is 1. The highest BCUT2D eigenvalue weighted by Crippen LogP contribution is 2.29. The van der Waals surface area contributed by atoms with Crippen LogP contribution in [-0.4, -0.2) is 93.5 Å². The van der Waals surface area contributed by atoms with Gasteiger partial charge in [0.05, 0.1) is 37.8 Å². The summed E-state index contributed by atoms with van der Waals surface area (Å²) >= 11 is 0. The Hall–Kier alpha value is -2.89. The van der Waals surface area contributed by atoms with Gasteiger partial charge >= 0.3 is 0 Å². The van der Waals surface area contributed by atoms with Crippen LogP contribution in [0.15, 0.2) is 47.4 Å². The predicted octanol–water partition coefficient (Wildman–Crippen LogP) is 3.83. The van der Waals surface area contributed by atoms with Crippen LogP contribution in [0.25, 0.3) is 22.0 Å². The lowest BCUT2D eigenvalue weighted by Gasteiger charge is -2.34. The van der Waals surface area contributed by atoms with Gasteiger partial charge in [0.1, 0.15) is 17.3 Å². The molecule has 9 nitrogen and oxygen atoms in total. The van der Waals surface area contributed by atoms with Gasteiger partial charge in [-0.1, -0.05) is 19.1 Å². The monoisotopic (exact) mass is 626 g/mol. The summed E-state index contributed by atoms with van der Waals surface area (Å²) in [6, 6.07) is 9.90. The Bertz CT molecular complexity index is 1350. The number of hydrogen-bond donors (Lipinski definition) is 1. The lowest BCUT2D eigenvalue weighted by atomic mass is 10.0. The van der Waals surface area contributed by atoms with E-state index in [-0.39, 0.29) is 36.1 Å². The lowest BCUT2D eigenvalue weighted by Crippen LogP contribution is -2.50. The number of benzene rings is 2. The van der Waals surface area contributed by atoms with Gasteiger partial charge in [-0.3, -0.25) is 19.4 Å². The molecule has 1 aliphatic heterocycles. The molecule has 2 aromatic carbocycles. The molecule has 1 aromatic heterocycles. The number of fused-ring (bicyclic) bond motifs is 1. The maximum absolute atomic E-state index is 15.2. The molecular weight excluding hydrogens is 586 g/mol. The number of aromatic nitrogens is 1. The minimum atomic E-state index is -0.610. The summed E-state index contributed by atoms with van der Waals surface area (Å²) in [4.78, 5) is 30.8. The molecule has 0 aliphatic carbocycles. The standard InChI is InChI=1S/C30H39FN4O5.2ClH/c1-4-18-40-26-10-9-25(31)28-29(26)35(20-24(30(28)37)22-5-7-23(39-3)8-6-22)12-11-32-27(36)21-34-15-13-33(14-16-34)17-19-38-2;;/h5-10,20H,4,11-19,21H2,1-3H3,(H,32,36);2*1H. The van der Waals surface area contributed by atoms with E-state index in [4.69, 9.17) is 14.2 Å². The van der Waals surface area contributed by atoms with Crippen LogP contribution in [-0.2, 0) is 16.1 Å². The molecular formula is C30H41Cl2FN4O5. The van der Waals surface area contributed by atoms with Crippen LogP contribution in [0.3, 0.4) is 0 Å². The Labute approximate surface area is 258 Å². The van der Waals surface area contributed by atoms with E-state index in [0.717, 1.165) is 39.1 Å². The third-order valence-corrected chi connectivity index (χ3v) is 7.12. The van der Waals surface area contributed by atoms with Crippen molar-refractivity contribution in [3.8, 4) is 22.6 Å². The van der Waals surface area contributed by atoms with Gasteiger partial charge in [0.25, 0.3) is 0 Å². The van der Waals surface area contributed by atoms with Gasteiger partial charge < -0.3 is 24.1 Å². The van der Waals surface area contributed by atoms with Crippen LogP contribution in [0.2, 0.25) is 0 Å². The van der Waals surface area contributed by atoms with E-state index < -0.39 is 11.2 Å². The fourth-order valence-electron chi connectivity index (χ4n) is 4.91. The zero-order valence-electron chi connectivity index (χ0n) is 24.4. The Balaban J connectivity index is 0.00000308. The fraction of sp³-hybridized carbons (Fsp3) is 0.467. The van der Waals surface area contributed by atoms with E-state index in [9.17, 15) is 9.59 Å². The van der Waals surface area contributed by atoms with Crippen LogP contribution in [0, 0.1) is 5.82 Å². The topological polar surface area (TPSA) is 85.3 Å². The number of hydrogen-bond acceptors (Lipinski definition) is 7. The van der Waals surface area contributed by atoms with Crippen LogP contribution in [0.1, 0.15) is 13.3 Å². The number of pyridine rings is 1. The number of methoxy groups -OCH3 is 2. The molecule has 1 saturated heterocycles. The summed E-state index contributed by atoms with van der Waals surface area (Å²) in [5.74, 6) is 0.418. The molecule has 0 bridgehead atoms. The predicted molar refractivity (Wildman–Crippen MR) is 168 cm³/mol. The number of rotatable bonds is 13. The minimum Gasteiger partial charge on any atom is -0.497 e. The second-order valence-electron chi connectivity index (χ2n) is 9.87. The first kappa shape index (κ1) is 35.3. The molecule has 0 saturated carbocycles. The molecule has 232 valence electrons. The number of nitrogens with zero attached hydrogens (tertiary/aromatic N) is 3. The maximum Gasteiger partial charge on any atom is 0.234 e. The first-order chi connectivity index (χ1) is 19.4. The summed E-state index contributed by atoms with van der Waals surface area (Å²) in [5.41, 5.74) is 0.982. The molecule has 0 atom stereocenters. The van der Waals surface area contributed by atoms with E-state index in [1.54, 1.807) is 55.3 Å². The van der Waals surface area contributed by atoms with Crippen molar-refractivity contribution in [3.63, 3.8) is 0 Å². The summed E-state index contributed by atoms with van der Waals surface area (Å²) < 4.78 is 33.3. The average molecular weight is 628 g/mol. The van der Waals surface area contributed by atoms with Gasteiger partial charge in [-0.2, -0.15) is 0 Å². The van der Waals surface area contributed by atoms with Crippen LogP contribution >= 0.6 is 24.8 Å². The summed E-state index contributed by atoms with van der Waals surface area (Å²) in [5, 5.41) is 2.96. The van der Waals surface area contributed by atoms with Crippen molar-refractivity contribution in [2.45, 2.75) is 19.9 Å². The van der Waals surface area contributed by atoms with Crippen molar-refractivity contribution >= 4 is 41.6 Å². The van der Waals surface area contributed by atoms with E-state index >= 15 is 4.39 Å². The van der Waals surface area contributed by atoms with Crippen LogP contribution in [0.4, 0.5) is 4.39 Å². The zero-order valence-corrected chi connectivity index (χ0v) is 26.0. The van der Waals surface area contributed by atoms with Gasteiger partial charge in [-0.05, 0) is 36.2 Å². The van der Waals surface area contributed by atoms with Gasteiger partial charge in [-0.15, -0.1) is 24.8 Å². The highest BCUT2D eigenvalue weighted by Gasteiger charge is 2.20. The Morgan fingerprint density at radius 1 is 0.952 bits per heavy atom. The van der Waals surface area contributed by atoms with Gasteiger partial charge in [0.2, 0.25) is 5.91 Å². The van der Waals surface area contributed by atoms with E-state index in [0.29, 0.717) is 61.0 Å². The Kier molecular flexibility index (Phi) is 14.5. The average Bonchev–Trinajstić information content (AvgIpc) is 2.97. The second kappa shape index (κ2) is 17.3. The molecule has 12 heteroatoms. The summed E-state index contributed by atoms with van der Waals surface area (Å²) in [6.07, 6.45) is 2.49. The number of carbonyl (C=O) groups is 1. The molecule has 1 aliphatic rings.